The average molecular weight is 438 g/mol. The van der Waals surface area contributed by atoms with Crippen LogP contribution in [0, 0.1) is 30.0 Å². The number of halogens is 1. The number of aliphatic hydroxyl groups is 1. The molecule has 1 saturated heterocycles. The second-order valence-electron chi connectivity index (χ2n) is 8.00. The van der Waals surface area contributed by atoms with E-state index in [0.717, 1.165) is 23.8 Å². The molecule has 8 heteroatoms. The van der Waals surface area contributed by atoms with E-state index in [4.69, 9.17) is 10.8 Å². The summed E-state index contributed by atoms with van der Waals surface area (Å²) in [7, 11) is 1.00. The van der Waals surface area contributed by atoms with Crippen LogP contribution >= 0.6 is 0 Å². The standard InChI is InChI=1S/C23H24FN5O.CH4O/c1-13-7-15(18-3-5-27-23-22(18)16(9-25)11-28-23)8-19(24)21(13)17-4-6-29(12-14(17)2)20(30)10-26;1-2/h3,5,7-8,11,14,17H,4,6,10,12,26H2,1-2H3,(H,27,28);2H,1H3/t14-,17?;/m1./s1. The molecule has 1 aromatic carbocycles. The van der Waals surface area contributed by atoms with Gasteiger partial charge in [-0.05, 0) is 59.6 Å². The molecule has 4 rings (SSSR count). The number of rotatable bonds is 3. The van der Waals surface area contributed by atoms with E-state index in [1.165, 1.54) is 0 Å². The van der Waals surface area contributed by atoms with E-state index < -0.39 is 0 Å². The molecule has 1 fully saturated rings. The molecule has 2 aromatic heterocycles. The number of fused-ring (bicyclic) bond motifs is 1. The zero-order chi connectivity index (χ0) is 23.4. The van der Waals surface area contributed by atoms with Gasteiger partial charge in [-0.15, -0.1) is 0 Å². The number of carbonyl (C=O) groups is 1. The van der Waals surface area contributed by atoms with Crippen molar-refractivity contribution in [2.45, 2.75) is 26.2 Å². The summed E-state index contributed by atoms with van der Waals surface area (Å²) in [5.74, 6) is -0.134. The first-order chi connectivity index (χ1) is 15.4. The summed E-state index contributed by atoms with van der Waals surface area (Å²) in [6.45, 7) is 5.15. The Morgan fingerprint density at radius 2 is 2.19 bits per heavy atom. The molecule has 1 unspecified atom stereocenters. The highest BCUT2D eigenvalue weighted by Crippen LogP contribution is 2.39. The van der Waals surface area contributed by atoms with Gasteiger partial charge in [0.1, 0.15) is 17.5 Å². The van der Waals surface area contributed by atoms with Crippen molar-refractivity contribution in [3.8, 4) is 17.2 Å². The van der Waals surface area contributed by atoms with E-state index in [0.29, 0.717) is 41.7 Å². The molecule has 1 aliphatic rings. The van der Waals surface area contributed by atoms with Crippen molar-refractivity contribution in [3.63, 3.8) is 0 Å². The number of aromatic amines is 1. The molecule has 4 N–H and O–H groups in total. The highest BCUT2D eigenvalue weighted by Gasteiger charge is 2.32. The van der Waals surface area contributed by atoms with Crippen molar-refractivity contribution in [1.29, 1.82) is 5.26 Å². The second-order valence-corrected chi connectivity index (χ2v) is 8.00. The Bertz CT molecular complexity index is 1140. The van der Waals surface area contributed by atoms with Gasteiger partial charge in [-0.25, -0.2) is 9.37 Å². The van der Waals surface area contributed by atoms with Crippen LogP contribution in [0.15, 0.2) is 30.6 Å². The van der Waals surface area contributed by atoms with Crippen LogP contribution in [-0.2, 0) is 4.79 Å². The van der Waals surface area contributed by atoms with E-state index >= 15 is 4.39 Å². The van der Waals surface area contributed by atoms with Crippen LogP contribution in [0.3, 0.4) is 0 Å². The number of piperidine rings is 1. The highest BCUT2D eigenvalue weighted by atomic mass is 19.1. The van der Waals surface area contributed by atoms with Crippen molar-refractivity contribution in [3.05, 3.63) is 53.1 Å². The number of aryl methyl sites for hydroxylation is 1. The quantitative estimate of drug-likeness (QED) is 0.582. The Hall–Kier alpha value is -3.28. The van der Waals surface area contributed by atoms with Crippen LogP contribution in [0.2, 0.25) is 0 Å². The fraction of sp³-hybridized carbons (Fsp3) is 0.375. The summed E-state index contributed by atoms with van der Waals surface area (Å²) in [6, 6.07) is 7.51. The molecule has 1 amide bonds. The number of nitrogens with two attached hydrogens (primary N) is 1. The Kier molecular flexibility index (Phi) is 7.23. The van der Waals surface area contributed by atoms with Gasteiger partial charge in [-0.1, -0.05) is 13.0 Å². The number of pyridine rings is 1. The smallest absolute Gasteiger partial charge is 0.236 e. The zero-order valence-corrected chi connectivity index (χ0v) is 18.5. The van der Waals surface area contributed by atoms with Crippen LogP contribution in [-0.4, -0.2) is 52.6 Å². The summed E-state index contributed by atoms with van der Waals surface area (Å²) in [4.78, 5) is 21.0. The van der Waals surface area contributed by atoms with Crippen LogP contribution in [0.5, 0.6) is 0 Å². The van der Waals surface area contributed by atoms with Crippen molar-refractivity contribution >= 4 is 16.9 Å². The maximum Gasteiger partial charge on any atom is 0.236 e. The zero-order valence-electron chi connectivity index (χ0n) is 18.5. The molecule has 168 valence electrons. The first-order valence-corrected chi connectivity index (χ1v) is 10.5. The van der Waals surface area contributed by atoms with Crippen LogP contribution in [0.4, 0.5) is 4.39 Å². The van der Waals surface area contributed by atoms with Gasteiger partial charge in [0.2, 0.25) is 5.91 Å². The fourth-order valence-electron chi connectivity index (χ4n) is 4.70. The molecule has 3 heterocycles. The Morgan fingerprint density at radius 3 is 2.81 bits per heavy atom. The van der Waals surface area contributed by atoms with Gasteiger partial charge in [0.15, 0.2) is 0 Å². The molecule has 2 atom stereocenters. The molecular weight excluding hydrogens is 409 g/mol. The minimum atomic E-state index is -0.251. The average Bonchev–Trinajstić information content (AvgIpc) is 3.23. The summed E-state index contributed by atoms with van der Waals surface area (Å²) in [6.07, 6.45) is 3.99. The molecule has 0 spiro atoms. The SMILES string of the molecule is CO.Cc1cc(-c2ccnc3[nH]cc(C#N)c23)cc(F)c1C1CCN(C(=O)CN)C[C@H]1C. The van der Waals surface area contributed by atoms with Crippen molar-refractivity contribution < 1.29 is 14.3 Å². The maximum absolute atomic E-state index is 15.4. The third-order valence-corrected chi connectivity index (χ3v) is 6.14. The Morgan fingerprint density at radius 1 is 1.44 bits per heavy atom. The van der Waals surface area contributed by atoms with Gasteiger partial charge in [0, 0.05) is 38.0 Å². The minimum absolute atomic E-state index is 0.00369. The summed E-state index contributed by atoms with van der Waals surface area (Å²) >= 11 is 0. The molecule has 7 nitrogen and oxygen atoms in total. The van der Waals surface area contributed by atoms with Gasteiger partial charge in [0.25, 0.3) is 0 Å². The van der Waals surface area contributed by atoms with Gasteiger partial charge < -0.3 is 20.7 Å². The number of aliphatic hydroxyl groups excluding tert-OH is 1. The monoisotopic (exact) mass is 437 g/mol. The number of carbonyl (C=O) groups excluding carboxylic acids is 1. The first kappa shape index (κ1) is 23.4. The van der Waals surface area contributed by atoms with E-state index in [-0.39, 0.29) is 30.1 Å². The third-order valence-electron chi connectivity index (χ3n) is 6.14. The number of aromatic nitrogens is 2. The lowest BCUT2D eigenvalue weighted by Gasteiger charge is -2.38. The number of likely N-dealkylation sites (tertiary alicyclic amines) is 1. The second kappa shape index (κ2) is 9.90. The number of hydrogen-bond acceptors (Lipinski definition) is 5. The van der Waals surface area contributed by atoms with Gasteiger partial charge in [-0.2, -0.15) is 5.26 Å². The van der Waals surface area contributed by atoms with E-state index in [1.54, 1.807) is 23.4 Å². The number of hydrogen-bond donors (Lipinski definition) is 3. The first-order valence-electron chi connectivity index (χ1n) is 10.5. The molecule has 3 aromatic rings. The number of amides is 1. The van der Waals surface area contributed by atoms with Crippen molar-refractivity contribution in [1.82, 2.24) is 14.9 Å². The van der Waals surface area contributed by atoms with Crippen LogP contribution < -0.4 is 5.73 Å². The summed E-state index contributed by atoms with van der Waals surface area (Å²) in [5.41, 5.74) is 9.68. The van der Waals surface area contributed by atoms with E-state index in [2.05, 4.69) is 23.0 Å². The molecule has 1 aliphatic heterocycles. The van der Waals surface area contributed by atoms with Gasteiger partial charge in [-0.3, -0.25) is 4.79 Å². The van der Waals surface area contributed by atoms with Gasteiger partial charge in [0.05, 0.1) is 12.1 Å². The molecule has 0 saturated carbocycles. The largest absolute Gasteiger partial charge is 0.400 e. The fourth-order valence-corrected chi connectivity index (χ4v) is 4.70. The van der Waals surface area contributed by atoms with Crippen molar-refractivity contribution in [2.24, 2.45) is 11.7 Å². The van der Waals surface area contributed by atoms with Crippen molar-refractivity contribution in [2.75, 3.05) is 26.7 Å². The third kappa shape index (κ3) is 4.22. The highest BCUT2D eigenvalue weighted by molar-refractivity contribution is 5.97. The summed E-state index contributed by atoms with van der Waals surface area (Å²) in [5, 5.41) is 17.1. The number of benzene rings is 1. The number of nitrogens with one attached hydrogen (secondary N) is 1. The van der Waals surface area contributed by atoms with E-state index in [1.807, 2.05) is 19.1 Å². The van der Waals surface area contributed by atoms with Crippen LogP contribution in [0.1, 0.15) is 36.0 Å². The maximum atomic E-state index is 15.4. The van der Waals surface area contributed by atoms with Crippen LogP contribution in [0.25, 0.3) is 22.2 Å². The molecule has 32 heavy (non-hydrogen) atoms. The Balaban J connectivity index is 0.00000141. The predicted molar refractivity (Wildman–Crippen MR) is 121 cm³/mol. The lowest BCUT2D eigenvalue weighted by molar-refractivity contribution is -0.131. The normalized spacial score (nSPS) is 18.1. The number of H-pyrrole nitrogens is 1. The number of nitrogens with zero attached hydrogens (tertiary/aromatic N) is 3. The Labute approximate surface area is 186 Å². The lowest BCUT2D eigenvalue weighted by atomic mass is 9.79. The van der Waals surface area contributed by atoms with E-state index in [9.17, 15) is 10.1 Å². The number of nitriles is 1. The molecular formula is C24H28FN5O2. The topological polar surface area (TPSA) is 119 Å². The predicted octanol–water partition coefficient (Wildman–Crippen LogP) is 3.07. The molecule has 0 aliphatic carbocycles. The molecule has 0 bridgehead atoms. The molecule has 0 radical (unpaired) electrons. The minimum Gasteiger partial charge on any atom is -0.400 e. The summed E-state index contributed by atoms with van der Waals surface area (Å²) < 4.78 is 15.4. The van der Waals surface area contributed by atoms with Gasteiger partial charge >= 0.3 is 0 Å². The lowest BCUT2D eigenvalue weighted by Crippen LogP contribution is -2.44.